The molecule has 0 aromatic rings. The largest absolute Gasteiger partial charge is 0.387 e. The molecule has 13 heavy (non-hydrogen) atoms. The molecule has 0 aliphatic carbocycles. The van der Waals surface area contributed by atoms with Gasteiger partial charge in [-0.2, -0.15) is 0 Å². The van der Waals surface area contributed by atoms with Crippen LogP contribution in [0.15, 0.2) is 0 Å². The average molecular weight is 186 g/mol. The third-order valence-electron chi connectivity index (χ3n) is 2.11. The van der Waals surface area contributed by atoms with Crippen LogP contribution in [0.1, 0.15) is 20.3 Å². The van der Waals surface area contributed by atoms with Gasteiger partial charge in [0.25, 0.3) is 0 Å². The van der Waals surface area contributed by atoms with E-state index in [0.29, 0.717) is 25.6 Å². The van der Waals surface area contributed by atoms with Gasteiger partial charge in [-0.3, -0.25) is 4.79 Å². The monoisotopic (exact) mass is 186 g/mol. The molecule has 0 aromatic heterocycles. The molecule has 4 nitrogen and oxygen atoms in total. The molecule has 4 heteroatoms. The molecule has 0 radical (unpaired) electrons. The standard InChI is InChI=1S/C9H18N2O2/c1-7(2)4-11-8(12)3-9(13)5-10-6-9/h7,10,13H,3-6H2,1-2H3,(H,11,12). The van der Waals surface area contributed by atoms with Gasteiger partial charge in [-0.1, -0.05) is 13.8 Å². The van der Waals surface area contributed by atoms with Gasteiger partial charge in [0, 0.05) is 19.6 Å². The van der Waals surface area contributed by atoms with Crippen LogP contribution in [0.2, 0.25) is 0 Å². The summed E-state index contributed by atoms with van der Waals surface area (Å²) < 4.78 is 0. The zero-order valence-corrected chi connectivity index (χ0v) is 8.26. The van der Waals surface area contributed by atoms with Crippen LogP contribution in [-0.2, 0) is 4.79 Å². The maximum absolute atomic E-state index is 11.3. The fourth-order valence-electron chi connectivity index (χ4n) is 1.22. The topological polar surface area (TPSA) is 61.4 Å². The number of carbonyl (C=O) groups is 1. The van der Waals surface area contributed by atoms with Gasteiger partial charge in [-0.15, -0.1) is 0 Å². The second kappa shape index (κ2) is 4.07. The zero-order chi connectivity index (χ0) is 9.90. The Morgan fingerprint density at radius 2 is 2.23 bits per heavy atom. The highest BCUT2D eigenvalue weighted by Crippen LogP contribution is 2.14. The third-order valence-corrected chi connectivity index (χ3v) is 2.11. The minimum atomic E-state index is -0.791. The molecule has 0 saturated carbocycles. The first kappa shape index (κ1) is 10.5. The van der Waals surface area contributed by atoms with Gasteiger partial charge in [-0.05, 0) is 5.92 Å². The van der Waals surface area contributed by atoms with Crippen LogP contribution in [0, 0.1) is 5.92 Å². The molecule has 76 valence electrons. The van der Waals surface area contributed by atoms with Gasteiger partial charge in [0.1, 0.15) is 0 Å². The molecular formula is C9H18N2O2. The van der Waals surface area contributed by atoms with E-state index in [2.05, 4.69) is 10.6 Å². The fourth-order valence-corrected chi connectivity index (χ4v) is 1.22. The van der Waals surface area contributed by atoms with Gasteiger partial charge in [-0.25, -0.2) is 0 Å². The van der Waals surface area contributed by atoms with Gasteiger partial charge in [0.15, 0.2) is 0 Å². The van der Waals surface area contributed by atoms with Crippen molar-refractivity contribution in [2.24, 2.45) is 5.92 Å². The van der Waals surface area contributed by atoms with E-state index in [1.54, 1.807) is 0 Å². The molecule has 3 N–H and O–H groups in total. The second-order valence-electron chi connectivity index (χ2n) is 4.20. The highest BCUT2D eigenvalue weighted by molar-refractivity contribution is 5.77. The predicted octanol–water partition coefficient (Wildman–Crippen LogP) is -0.517. The summed E-state index contributed by atoms with van der Waals surface area (Å²) in [6.45, 7) is 5.83. The van der Waals surface area contributed by atoms with Crippen LogP contribution >= 0.6 is 0 Å². The Kier molecular flexibility index (Phi) is 3.27. The Hall–Kier alpha value is -0.610. The Morgan fingerprint density at radius 1 is 1.62 bits per heavy atom. The molecular weight excluding hydrogens is 168 g/mol. The summed E-state index contributed by atoms with van der Waals surface area (Å²) in [6, 6.07) is 0. The molecule has 0 aromatic carbocycles. The van der Waals surface area contributed by atoms with E-state index in [4.69, 9.17) is 0 Å². The van der Waals surface area contributed by atoms with E-state index in [1.165, 1.54) is 0 Å². The van der Waals surface area contributed by atoms with Crippen molar-refractivity contribution in [1.82, 2.24) is 10.6 Å². The molecule has 1 aliphatic rings. The second-order valence-corrected chi connectivity index (χ2v) is 4.20. The maximum Gasteiger partial charge on any atom is 0.223 e. The number of hydrogen-bond donors (Lipinski definition) is 3. The zero-order valence-electron chi connectivity index (χ0n) is 8.26. The Morgan fingerprint density at radius 3 is 2.62 bits per heavy atom. The number of rotatable bonds is 4. The van der Waals surface area contributed by atoms with Gasteiger partial charge in [0.05, 0.1) is 12.0 Å². The summed E-state index contributed by atoms with van der Waals surface area (Å²) in [6.07, 6.45) is 0.215. The first-order valence-corrected chi connectivity index (χ1v) is 4.72. The van der Waals surface area contributed by atoms with Crippen molar-refractivity contribution in [2.45, 2.75) is 25.9 Å². The Bertz CT molecular complexity index is 188. The SMILES string of the molecule is CC(C)CNC(=O)CC1(O)CNC1. The number of carbonyl (C=O) groups excluding carboxylic acids is 1. The van der Waals surface area contributed by atoms with Crippen LogP contribution < -0.4 is 10.6 Å². The number of amides is 1. The summed E-state index contributed by atoms with van der Waals surface area (Å²) in [7, 11) is 0. The summed E-state index contributed by atoms with van der Waals surface area (Å²) in [5, 5.41) is 15.3. The summed E-state index contributed by atoms with van der Waals surface area (Å²) in [4.78, 5) is 11.3. The van der Waals surface area contributed by atoms with Crippen molar-refractivity contribution in [3.63, 3.8) is 0 Å². The van der Waals surface area contributed by atoms with Crippen LogP contribution in [-0.4, -0.2) is 36.2 Å². The highest BCUT2D eigenvalue weighted by Gasteiger charge is 2.36. The van der Waals surface area contributed by atoms with E-state index < -0.39 is 5.60 Å². The molecule has 1 aliphatic heterocycles. The molecule has 1 fully saturated rings. The first-order chi connectivity index (χ1) is 6.02. The van der Waals surface area contributed by atoms with E-state index in [9.17, 15) is 9.90 Å². The average Bonchev–Trinajstić information content (AvgIpc) is 1.98. The van der Waals surface area contributed by atoms with Gasteiger partial charge in [0.2, 0.25) is 5.91 Å². The van der Waals surface area contributed by atoms with Crippen molar-refractivity contribution in [3.05, 3.63) is 0 Å². The molecule has 0 bridgehead atoms. The molecule has 0 atom stereocenters. The van der Waals surface area contributed by atoms with Crippen LogP contribution in [0.5, 0.6) is 0 Å². The third kappa shape index (κ3) is 3.32. The van der Waals surface area contributed by atoms with Crippen molar-refractivity contribution < 1.29 is 9.90 Å². The molecule has 0 spiro atoms. The van der Waals surface area contributed by atoms with Gasteiger partial charge >= 0.3 is 0 Å². The molecule has 1 heterocycles. The number of hydrogen-bond acceptors (Lipinski definition) is 3. The molecule has 1 saturated heterocycles. The van der Waals surface area contributed by atoms with Crippen molar-refractivity contribution in [1.29, 1.82) is 0 Å². The maximum atomic E-state index is 11.3. The Labute approximate surface area is 78.7 Å². The molecule has 0 unspecified atom stereocenters. The van der Waals surface area contributed by atoms with E-state index in [1.807, 2.05) is 13.8 Å². The minimum Gasteiger partial charge on any atom is -0.387 e. The van der Waals surface area contributed by atoms with E-state index in [-0.39, 0.29) is 12.3 Å². The lowest BCUT2D eigenvalue weighted by atomic mass is 9.93. The number of nitrogens with one attached hydrogen (secondary N) is 2. The van der Waals surface area contributed by atoms with Crippen LogP contribution in [0.25, 0.3) is 0 Å². The first-order valence-electron chi connectivity index (χ1n) is 4.72. The fraction of sp³-hybridized carbons (Fsp3) is 0.889. The summed E-state index contributed by atoms with van der Waals surface area (Å²) in [5.41, 5.74) is -0.791. The lowest BCUT2D eigenvalue weighted by Gasteiger charge is -2.36. The van der Waals surface area contributed by atoms with Gasteiger partial charge < -0.3 is 15.7 Å². The smallest absolute Gasteiger partial charge is 0.223 e. The van der Waals surface area contributed by atoms with Crippen LogP contribution in [0.3, 0.4) is 0 Å². The van der Waals surface area contributed by atoms with Crippen molar-refractivity contribution >= 4 is 5.91 Å². The van der Waals surface area contributed by atoms with Crippen LogP contribution in [0.4, 0.5) is 0 Å². The predicted molar refractivity (Wildman–Crippen MR) is 50.3 cm³/mol. The van der Waals surface area contributed by atoms with E-state index >= 15 is 0 Å². The summed E-state index contributed by atoms with van der Waals surface area (Å²) >= 11 is 0. The Balaban J connectivity index is 2.17. The summed E-state index contributed by atoms with van der Waals surface area (Å²) in [5.74, 6) is 0.399. The lowest BCUT2D eigenvalue weighted by Crippen LogP contribution is -2.61. The van der Waals surface area contributed by atoms with E-state index in [0.717, 1.165) is 0 Å². The number of aliphatic hydroxyl groups is 1. The normalized spacial score (nSPS) is 19.7. The lowest BCUT2D eigenvalue weighted by molar-refractivity contribution is -0.128. The quantitative estimate of drug-likeness (QED) is 0.554. The number of β-amino-alcohol motifs (C(OH)–C–C–N with tert-alkyl or cyclic N) is 1. The molecule has 1 rings (SSSR count). The van der Waals surface area contributed by atoms with Crippen molar-refractivity contribution in [3.8, 4) is 0 Å². The van der Waals surface area contributed by atoms with Crippen molar-refractivity contribution in [2.75, 3.05) is 19.6 Å². The minimum absolute atomic E-state index is 0.0577. The molecule has 1 amide bonds. The highest BCUT2D eigenvalue weighted by atomic mass is 16.3.